The number of anilines is 2. The molecular formula is C20H20N2O6S2. The van der Waals surface area contributed by atoms with Gasteiger partial charge in [-0.05, 0) is 60.7 Å². The Balaban J connectivity index is 1.93. The van der Waals surface area contributed by atoms with Crippen molar-refractivity contribution in [2.45, 2.75) is 9.79 Å². The monoisotopic (exact) mass is 448 g/mol. The lowest BCUT2D eigenvalue weighted by atomic mass is 10.3. The molecule has 0 atom stereocenters. The summed E-state index contributed by atoms with van der Waals surface area (Å²) in [7, 11) is -5.37. The summed E-state index contributed by atoms with van der Waals surface area (Å²) in [6.45, 7) is 0. The smallest absolute Gasteiger partial charge is 0.263 e. The van der Waals surface area contributed by atoms with Crippen LogP contribution in [0.3, 0.4) is 0 Å². The van der Waals surface area contributed by atoms with Gasteiger partial charge in [0, 0.05) is 11.4 Å². The molecule has 8 nitrogen and oxygen atoms in total. The lowest BCUT2D eigenvalue weighted by Gasteiger charge is -2.14. The summed E-state index contributed by atoms with van der Waals surface area (Å²) in [4.78, 5) is -0.747. The molecule has 0 fully saturated rings. The van der Waals surface area contributed by atoms with Crippen LogP contribution >= 0.6 is 0 Å². The molecule has 0 amide bonds. The summed E-state index contributed by atoms with van der Waals surface area (Å²) in [6.07, 6.45) is 0. The first-order valence-electron chi connectivity index (χ1n) is 8.68. The minimum atomic E-state index is -4.18. The minimum Gasteiger partial charge on any atom is -0.497 e. The molecule has 30 heavy (non-hydrogen) atoms. The topological polar surface area (TPSA) is 111 Å². The SMILES string of the molecule is COc1ccc(NS(=O)(=O)c2ccccc2S(=O)(=O)Nc2ccc(OC)cc2)cc1. The van der Waals surface area contributed by atoms with E-state index in [1.165, 1.54) is 62.8 Å². The molecule has 0 aliphatic rings. The number of ether oxygens (including phenoxy) is 2. The highest BCUT2D eigenvalue weighted by molar-refractivity contribution is 7.95. The molecule has 10 heteroatoms. The van der Waals surface area contributed by atoms with E-state index in [4.69, 9.17) is 9.47 Å². The summed E-state index contributed by atoms with van der Waals surface area (Å²) in [6, 6.07) is 17.8. The summed E-state index contributed by atoms with van der Waals surface area (Å²) >= 11 is 0. The quantitative estimate of drug-likeness (QED) is 0.547. The fraction of sp³-hybridized carbons (Fsp3) is 0.100. The van der Waals surface area contributed by atoms with Crippen LogP contribution in [0.15, 0.2) is 82.6 Å². The molecule has 0 aliphatic carbocycles. The van der Waals surface area contributed by atoms with E-state index in [0.29, 0.717) is 11.5 Å². The predicted molar refractivity (Wildman–Crippen MR) is 114 cm³/mol. The van der Waals surface area contributed by atoms with Crippen molar-refractivity contribution in [1.29, 1.82) is 0 Å². The zero-order chi connectivity index (χ0) is 21.8. The first-order valence-corrected chi connectivity index (χ1v) is 11.6. The molecule has 0 aromatic heterocycles. The van der Waals surface area contributed by atoms with Crippen LogP contribution in [0.2, 0.25) is 0 Å². The van der Waals surface area contributed by atoms with Crippen LogP contribution in [0.5, 0.6) is 11.5 Å². The Hall–Kier alpha value is -3.24. The number of hydrogen-bond donors (Lipinski definition) is 2. The molecular weight excluding hydrogens is 428 g/mol. The normalized spacial score (nSPS) is 11.5. The van der Waals surface area contributed by atoms with Gasteiger partial charge in [-0.25, -0.2) is 16.8 Å². The van der Waals surface area contributed by atoms with Crippen molar-refractivity contribution in [1.82, 2.24) is 0 Å². The third-order valence-electron chi connectivity index (χ3n) is 4.11. The largest absolute Gasteiger partial charge is 0.497 e. The van der Waals surface area contributed by atoms with Crippen molar-refractivity contribution in [3.63, 3.8) is 0 Å². The molecule has 3 aromatic carbocycles. The summed E-state index contributed by atoms with van der Waals surface area (Å²) in [5, 5.41) is 0. The van der Waals surface area contributed by atoms with Gasteiger partial charge in [0.05, 0.1) is 14.2 Å². The van der Waals surface area contributed by atoms with Gasteiger partial charge in [-0.3, -0.25) is 9.44 Å². The standard InChI is InChI=1S/C20H20N2O6S2/c1-27-17-11-7-15(8-12-17)21-29(23,24)19-5-3-4-6-20(19)30(25,26)22-16-9-13-18(28-2)14-10-16/h3-14,21-22H,1-2H3. The van der Waals surface area contributed by atoms with Gasteiger partial charge in [0.15, 0.2) is 0 Å². The number of nitrogens with one attached hydrogen (secondary N) is 2. The fourth-order valence-electron chi connectivity index (χ4n) is 2.63. The van der Waals surface area contributed by atoms with E-state index in [9.17, 15) is 16.8 Å². The van der Waals surface area contributed by atoms with E-state index >= 15 is 0 Å². The average molecular weight is 449 g/mol. The fourth-order valence-corrected chi connectivity index (χ4v) is 5.58. The van der Waals surface area contributed by atoms with Crippen LogP contribution in [0.25, 0.3) is 0 Å². The summed E-state index contributed by atoms with van der Waals surface area (Å²) in [5.74, 6) is 1.12. The van der Waals surface area contributed by atoms with Gasteiger partial charge in [-0.1, -0.05) is 12.1 Å². The maximum Gasteiger partial charge on any atom is 0.263 e. The molecule has 0 spiro atoms. The van der Waals surface area contributed by atoms with Crippen molar-refractivity contribution in [2.24, 2.45) is 0 Å². The Morgan fingerprint density at radius 1 is 0.567 bits per heavy atom. The molecule has 0 heterocycles. The average Bonchev–Trinajstić information content (AvgIpc) is 2.74. The van der Waals surface area contributed by atoms with E-state index in [2.05, 4.69) is 9.44 Å². The van der Waals surface area contributed by atoms with Crippen LogP contribution in [0, 0.1) is 0 Å². The Morgan fingerprint density at radius 3 is 1.20 bits per heavy atom. The van der Waals surface area contributed by atoms with Gasteiger partial charge >= 0.3 is 0 Å². The van der Waals surface area contributed by atoms with Gasteiger partial charge < -0.3 is 9.47 Å². The molecule has 158 valence electrons. The van der Waals surface area contributed by atoms with Crippen LogP contribution in [0.4, 0.5) is 11.4 Å². The Kier molecular flexibility index (Phi) is 6.18. The van der Waals surface area contributed by atoms with Crippen molar-refractivity contribution < 1.29 is 26.3 Å². The molecule has 0 radical (unpaired) electrons. The second-order valence-corrected chi connectivity index (χ2v) is 9.42. The van der Waals surface area contributed by atoms with Crippen molar-refractivity contribution in [3.05, 3.63) is 72.8 Å². The van der Waals surface area contributed by atoms with Crippen LogP contribution in [0.1, 0.15) is 0 Å². The van der Waals surface area contributed by atoms with E-state index in [0.717, 1.165) is 0 Å². The number of benzene rings is 3. The molecule has 0 unspecified atom stereocenters. The lowest BCUT2D eigenvalue weighted by Crippen LogP contribution is -2.20. The first kappa shape index (κ1) is 21.5. The van der Waals surface area contributed by atoms with Gasteiger partial charge in [0.25, 0.3) is 20.0 Å². The number of hydrogen-bond acceptors (Lipinski definition) is 6. The third kappa shape index (κ3) is 4.84. The highest BCUT2D eigenvalue weighted by Gasteiger charge is 2.26. The predicted octanol–water partition coefficient (Wildman–Crippen LogP) is 3.31. The van der Waals surface area contributed by atoms with E-state index in [-0.39, 0.29) is 21.2 Å². The zero-order valence-electron chi connectivity index (χ0n) is 16.2. The Morgan fingerprint density at radius 2 is 0.900 bits per heavy atom. The lowest BCUT2D eigenvalue weighted by molar-refractivity contribution is 0.415. The minimum absolute atomic E-state index is 0.270. The van der Waals surface area contributed by atoms with Gasteiger partial charge in [0.2, 0.25) is 0 Å². The Labute approximate surface area is 175 Å². The molecule has 2 N–H and O–H groups in total. The third-order valence-corrected chi connectivity index (χ3v) is 7.12. The van der Waals surface area contributed by atoms with E-state index < -0.39 is 20.0 Å². The molecule has 0 saturated heterocycles. The molecule has 0 saturated carbocycles. The number of methoxy groups -OCH3 is 2. The van der Waals surface area contributed by atoms with Crippen LogP contribution in [-0.2, 0) is 20.0 Å². The van der Waals surface area contributed by atoms with Crippen molar-refractivity contribution >= 4 is 31.4 Å². The second-order valence-electron chi connectivity index (χ2n) is 6.11. The van der Waals surface area contributed by atoms with Crippen LogP contribution in [-0.4, -0.2) is 31.1 Å². The van der Waals surface area contributed by atoms with Crippen LogP contribution < -0.4 is 18.9 Å². The first-order chi connectivity index (χ1) is 14.2. The second kappa shape index (κ2) is 8.64. The zero-order valence-corrected chi connectivity index (χ0v) is 17.8. The highest BCUT2D eigenvalue weighted by Crippen LogP contribution is 2.26. The molecule has 0 bridgehead atoms. The highest BCUT2D eigenvalue weighted by atomic mass is 32.2. The molecule has 3 rings (SSSR count). The maximum atomic E-state index is 12.9. The van der Waals surface area contributed by atoms with Gasteiger partial charge in [-0.15, -0.1) is 0 Å². The maximum absolute atomic E-state index is 12.9. The van der Waals surface area contributed by atoms with Crippen molar-refractivity contribution in [2.75, 3.05) is 23.7 Å². The molecule has 0 aliphatic heterocycles. The number of rotatable bonds is 8. The van der Waals surface area contributed by atoms with Gasteiger partial charge in [-0.2, -0.15) is 0 Å². The van der Waals surface area contributed by atoms with Crippen molar-refractivity contribution in [3.8, 4) is 11.5 Å². The molecule has 3 aromatic rings. The number of sulfonamides is 2. The Bertz CT molecular complexity index is 1120. The van der Waals surface area contributed by atoms with E-state index in [1.807, 2.05) is 0 Å². The summed E-state index contributed by atoms with van der Waals surface area (Å²) in [5.41, 5.74) is 0.539. The van der Waals surface area contributed by atoms with E-state index in [1.54, 1.807) is 24.3 Å². The van der Waals surface area contributed by atoms with Gasteiger partial charge in [0.1, 0.15) is 21.3 Å². The summed E-state index contributed by atoms with van der Waals surface area (Å²) < 4.78 is 66.5.